The first-order valence-corrected chi connectivity index (χ1v) is 9.35. The van der Waals surface area contributed by atoms with Crippen molar-refractivity contribution >= 4 is 0 Å². The fourth-order valence-corrected chi connectivity index (χ4v) is 3.66. The van der Waals surface area contributed by atoms with E-state index in [0.717, 1.165) is 36.3 Å². The Kier molecular flexibility index (Phi) is 5.64. The topological polar surface area (TPSA) is 44.5 Å². The number of rotatable bonds is 7. The second-order valence-corrected chi connectivity index (χ2v) is 7.09. The second kappa shape index (κ2) is 7.92. The van der Waals surface area contributed by atoms with Gasteiger partial charge in [-0.3, -0.25) is 0 Å². The summed E-state index contributed by atoms with van der Waals surface area (Å²) in [6, 6.07) is 16.6. The molecule has 0 saturated heterocycles. The minimum atomic E-state index is 0.0331. The lowest BCUT2D eigenvalue weighted by atomic mass is 9.91. The van der Waals surface area contributed by atoms with E-state index in [1.807, 2.05) is 25.1 Å². The van der Waals surface area contributed by atoms with Gasteiger partial charge in [0.05, 0.1) is 6.61 Å². The van der Waals surface area contributed by atoms with E-state index in [-0.39, 0.29) is 5.54 Å². The molecule has 1 saturated carbocycles. The molecule has 2 atom stereocenters. The van der Waals surface area contributed by atoms with Crippen molar-refractivity contribution in [3.05, 3.63) is 59.7 Å². The van der Waals surface area contributed by atoms with Crippen LogP contribution in [0.2, 0.25) is 0 Å². The van der Waals surface area contributed by atoms with Crippen LogP contribution < -0.4 is 15.2 Å². The first-order chi connectivity index (χ1) is 12.1. The predicted molar refractivity (Wildman–Crippen MR) is 102 cm³/mol. The monoisotopic (exact) mass is 339 g/mol. The molecular weight excluding hydrogens is 310 g/mol. The molecule has 3 nitrogen and oxygen atoms in total. The Bertz CT molecular complexity index is 683. The summed E-state index contributed by atoms with van der Waals surface area (Å²) in [7, 11) is 0. The Labute approximate surface area is 151 Å². The van der Waals surface area contributed by atoms with Crippen LogP contribution in [-0.4, -0.2) is 12.1 Å². The molecule has 1 aliphatic rings. The lowest BCUT2D eigenvalue weighted by Gasteiger charge is -2.22. The highest BCUT2D eigenvalue weighted by atomic mass is 16.5. The minimum Gasteiger partial charge on any atom is -0.494 e. The second-order valence-electron chi connectivity index (χ2n) is 7.09. The van der Waals surface area contributed by atoms with Gasteiger partial charge in [0.25, 0.3) is 0 Å². The highest BCUT2D eigenvalue weighted by Gasteiger charge is 2.34. The van der Waals surface area contributed by atoms with Crippen LogP contribution in [0.1, 0.15) is 56.6 Å². The minimum absolute atomic E-state index is 0.0331. The summed E-state index contributed by atoms with van der Waals surface area (Å²) >= 11 is 0. The highest BCUT2D eigenvalue weighted by molar-refractivity contribution is 5.32. The van der Waals surface area contributed by atoms with E-state index in [0.29, 0.717) is 19.1 Å². The third-order valence-corrected chi connectivity index (χ3v) is 5.31. The van der Waals surface area contributed by atoms with Gasteiger partial charge in [-0.15, -0.1) is 0 Å². The standard InChI is InChI=1S/C22H29NO2/c1-3-22(23)13-12-19(15-22)18-8-10-20(11-9-18)25-16-17-6-5-7-21(14-17)24-4-2/h5-11,14,19H,3-4,12-13,15-16,23H2,1-2H3/t19?,22-/m1/s1. The molecule has 0 spiro atoms. The molecule has 0 radical (unpaired) electrons. The van der Waals surface area contributed by atoms with Gasteiger partial charge in [-0.25, -0.2) is 0 Å². The SMILES string of the molecule is CCOc1cccc(COc2ccc(C3CC[C@](N)(CC)C3)cc2)c1. The number of hydrogen-bond acceptors (Lipinski definition) is 3. The molecule has 1 unspecified atom stereocenters. The quantitative estimate of drug-likeness (QED) is 0.768. The van der Waals surface area contributed by atoms with Crippen molar-refractivity contribution < 1.29 is 9.47 Å². The normalized spacial score (nSPS) is 22.8. The Morgan fingerprint density at radius 2 is 1.84 bits per heavy atom. The molecule has 134 valence electrons. The first kappa shape index (κ1) is 17.8. The predicted octanol–water partition coefficient (Wildman–Crippen LogP) is 5.04. The summed E-state index contributed by atoms with van der Waals surface area (Å²) in [5.41, 5.74) is 8.95. The third kappa shape index (κ3) is 4.55. The average molecular weight is 339 g/mol. The number of benzene rings is 2. The molecule has 0 heterocycles. The van der Waals surface area contributed by atoms with Crippen LogP contribution in [-0.2, 0) is 6.61 Å². The molecular formula is C22H29NO2. The summed E-state index contributed by atoms with van der Waals surface area (Å²) in [6.07, 6.45) is 4.47. The highest BCUT2D eigenvalue weighted by Crippen LogP contribution is 2.41. The van der Waals surface area contributed by atoms with E-state index in [1.165, 1.54) is 12.0 Å². The van der Waals surface area contributed by atoms with Crippen molar-refractivity contribution in [3.8, 4) is 11.5 Å². The van der Waals surface area contributed by atoms with E-state index in [9.17, 15) is 0 Å². The Hall–Kier alpha value is -2.00. The lowest BCUT2D eigenvalue weighted by Crippen LogP contribution is -2.35. The van der Waals surface area contributed by atoms with E-state index >= 15 is 0 Å². The van der Waals surface area contributed by atoms with E-state index in [1.54, 1.807) is 0 Å². The maximum Gasteiger partial charge on any atom is 0.119 e. The van der Waals surface area contributed by atoms with Crippen LogP contribution in [0, 0.1) is 0 Å². The summed E-state index contributed by atoms with van der Waals surface area (Å²) in [6.45, 7) is 5.41. The average Bonchev–Trinajstić information content (AvgIpc) is 3.04. The van der Waals surface area contributed by atoms with Crippen LogP contribution in [0.5, 0.6) is 11.5 Å². The molecule has 3 rings (SSSR count). The maximum absolute atomic E-state index is 6.43. The lowest BCUT2D eigenvalue weighted by molar-refractivity contribution is 0.303. The number of hydrogen-bond donors (Lipinski definition) is 1. The van der Waals surface area contributed by atoms with Gasteiger partial charge < -0.3 is 15.2 Å². The summed E-state index contributed by atoms with van der Waals surface area (Å²) in [5.74, 6) is 2.38. The maximum atomic E-state index is 6.43. The molecule has 1 aliphatic carbocycles. The van der Waals surface area contributed by atoms with Crippen molar-refractivity contribution in [2.45, 2.75) is 57.6 Å². The third-order valence-electron chi connectivity index (χ3n) is 5.31. The van der Waals surface area contributed by atoms with E-state index in [4.69, 9.17) is 15.2 Å². The van der Waals surface area contributed by atoms with Gasteiger partial charge in [0, 0.05) is 5.54 Å². The Balaban J connectivity index is 1.57. The number of nitrogens with two attached hydrogens (primary N) is 1. The molecule has 1 fully saturated rings. The van der Waals surface area contributed by atoms with Gasteiger partial charge in [-0.1, -0.05) is 31.2 Å². The van der Waals surface area contributed by atoms with Crippen LogP contribution in [0.25, 0.3) is 0 Å². The smallest absolute Gasteiger partial charge is 0.119 e. The molecule has 0 amide bonds. The van der Waals surface area contributed by atoms with Gasteiger partial charge in [0.1, 0.15) is 18.1 Å². The van der Waals surface area contributed by atoms with Crippen LogP contribution in [0.15, 0.2) is 48.5 Å². The Morgan fingerprint density at radius 3 is 2.52 bits per heavy atom. The molecule has 3 heteroatoms. The van der Waals surface area contributed by atoms with Gasteiger partial charge in [-0.2, -0.15) is 0 Å². The van der Waals surface area contributed by atoms with E-state index < -0.39 is 0 Å². The molecule has 2 aromatic carbocycles. The zero-order valence-corrected chi connectivity index (χ0v) is 15.3. The van der Waals surface area contributed by atoms with Gasteiger partial charge in [0.2, 0.25) is 0 Å². The first-order valence-electron chi connectivity index (χ1n) is 9.35. The van der Waals surface area contributed by atoms with Crippen molar-refractivity contribution in [2.24, 2.45) is 5.73 Å². The molecule has 0 aromatic heterocycles. The van der Waals surface area contributed by atoms with Crippen LogP contribution >= 0.6 is 0 Å². The summed E-state index contributed by atoms with van der Waals surface area (Å²) < 4.78 is 11.5. The molecule has 0 aliphatic heterocycles. The van der Waals surface area contributed by atoms with Crippen molar-refractivity contribution in [1.82, 2.24) is 0 Å². The van der Waals surface area contributed by atoms with Crippen molar-refractivity contribution in [3.63, 3.8) is 0 Å². The summed E-state index contributed by atoms with van der Waals surface area (Å²) in [4.78, 5) is 0. The summed E-state index contributed by atoms with van der Waals surface area (Å²) in [5, 5.41) is 0. The fraction of sp³-hybridized carbons (Fsp3) is 0.455. The molecule has 2 aromatic rings. The molecule has 2 N–H and O–H groups in total. The van der Waals surface area contributed by atoms with Crippen LogP contribution in [0.4, 0.5) is 0 Å². The Morgan fingerprint density at radius 1 is 1.04 bits per heavy atom. The zero-order chi connectivity index (χ0) is 17.7. The van der Waals surface area contributed by atoms with Crippen molar-refractivity contribution in [1.29, 1.82) is 0 Å². The number of ether oxygens (including phenoxy) is 2. The molecule has 25 heavy (non-hydrogen) atoms. The van der Waals surface area contributed by atoms with Gasteiger partial charge in [-0.05, 0) is 73.9 Å². The zero-order valence-electron chi connectivity index (χ0n) is 15.3. The van der Waals surface area contributed by atoms with E-state index in [2.05, 4.69) is 37.3 Å². The van der Waals surface area contributed by atoms with Gasteiger partial charge in [0.15, 0.2) is 0 Å². The largest absolute Gasteiger partial charge is 0.494 e. The fourth-order valence-electron chi connectivity index (χ4n) is 3.66. The van der Waals surface area contributed by atoms with Crippen LogP contribution in [0.3, 0.4) is 0 Å². The van der Waals surface area contributed by atoms with Crippen molar-refractivity contribution in [2.75, 3.05) is 6.61 Å². The van der Waals surface area contributed by atoms with Gasteiger partial charge >= 0.3 is 0 Å². The molecule has 0 bridgehead atoms.